The summed E-state index contributed by atoms with van der Waals surface area (Å²) < 4.78 is 0. The molecule has 92 valence electrons. The van der Waals surface area contributed by atoms with Crippen molar-refractivity contribution in [1.82, 2.24) is 0 Å². The van der Waals surface area contributed by atoms with Gasteiger partial charge in [0.1, 0.15) is 0 Å². The van der Waals surface area contributed by atoms with Gasteiger partial charge in [0.2, 0.25) is 0 Å². The molecule has 0 unspecified atom stereocenters. The molecule has 0 bridgehead atoms. The lowest BCUT2D eigenvalue weighted by molar-refractivity contribution is 0.0789. The Balaban J connectivity index is 2.64. The quantitative estimate of drug-likeness (QED) is 0.819. The number of aliphatic hydroxyl groups is 2. The van der Waals surface area contributed by atoms with Crippen molar-refractivity contribution in [2.75, 3.05) is 6.61 Å². The van der Waals surface area contributed by atoms with Crippen LogP contribution in [0.5, 0.6) is 0 Å². The maximum Gasteiger partial charge on any atom is 0.168 e. The van der Waals surface area contributed by atoms with Crippen molar-refractivity contribution in [2.24, 2.45) is 5.92 Å². The topological polar surface area (TPSA) is 57.5 Å². The van der Waals surface area contributed by atoms with E-state index in [9.17, 15) is 9.90 Å². The number of aryl methyl sites for hydroxylation is 1. The van der Waals surface area contributed by atoms with Crippen LogP contribution in [-0.4, -0.2) is 22.6 Å². The molecule has 0 aliphatic heterocycles. The summed E-state index contributed by atoms with van der Waals surface area (Å²) in [4.78, 5) is 12.0. The van der Waals surface area contributed by atoms with Gasteiger partial charge in [-0.3, -0.25) is 4.79 Å². The first-order valence-corrected chi connectivity index (χ1v) is 5.95. The minimum atomic E-state index is -0.699. The Morgan fingerprint density at radius 3 is 2.59 bits per heavy atom. The van der Waals surface area contributed by atoms with E-state index in [0.29, 0.717) is 12.0 Å². The molecule has 17 heavy (non-hydrogen) atoms. The molecule has 0 amide bonds. The summed E-state index contributed by atoms with van der Waals surface area (Å²) in [5.41, 5.74) is 4.44. The molecule has 0 saturated heterocycles. The van der Waals surface area contributed by atoms with Gasteiger partial charge in [0.25, 0.3) is 0 Å². The molecule has 0 radical (unpaired) electrons. The number of ketones is 1. The van der Waals surface area contributed by atoms with Gasteiger partial charge in [0.05, 0.1) is 6.10 Å². The second kappa shape index (κ2) is 4.24. The van der Waals surface area contributed by atoms with Gasteiger partial charge in [0, 0.05) is 18.1 Å². The summed E-state index contributed by atoms with van der Waals surface area (Å²) in [6.07, 6.45) is -0.129. The molecule has 0 heterocycles. The first kappa shape index (κ1) is 12.3. The monoisotopic (exact) mass is 234 g/mol. The average Bonchev–Trinajstić information content (AvgIpc) is 2.50. The highest BCUT2D eigenvalue weighted by atomic mass is 16.3. The van der Waals surface area contributed by atoms with Crippen molar-refractivity contribution in [1.29, 1.82) is 0 Å². The van der Waals surface area contributed by atoms with E-state index in [-0.39, 0.29) is 18.3 Å². The Morgan fingerprint density at radius 2 is 2.00 bits per heavy atom. The third-order valence-electron chi connectivity index (χ3n) is 3.79. The number of carbonyl (C=O) groups excluding carboxylic acids is 1. The largest absolute Gasteiger partial charge is 0.396 e. The van der Waals surface area contributed by atoms with Crippen LogP contribution in [0.15, 0.2) is 6.07 Å². The van der Waals surface area contributed by atoms with Crippen molar-refractivity contribution in [3.63, 3.8) is 0 Å². The van der Waals surface area contributed by atoms with Crippen molar-refractivity contribution < 1.29 is 15.0 Å². The van der Waals surface area contributed by atoms with E-state index in [1.165, 1.54) is 0 Å². The van der Waals surface area contributed by atoms with Gasteiger partial charge in [-0.1, -0.05) is 6.92 Å². The number of fused-ring (bicyclic) bond motifs is 1. The highest BCUT2D eigenvalue weighted by molar-refractivity contribution is 6.03. The van der Waals surface area contributed by atoms with Gasteiger partial charge in [-0.2, -0.15) is 0 Å². The Morgan fingerprint density at radius 1 is 1.35 bits per heavy atom. The van der Waals surface area contributed by atoms with Crippen LogP contribution in [0, 0.1) is 19.8 Å². The Hall–Kier alpha value is -1.19. The van der Waals surface area contributed by atoms with Crippen LogP contribution in [0.1, 0.15) is 45.6 Å². The molecule has 0 fully saturated rings. The van der Waals surface area contributed by atoms with E-state index in [2.05, 4.69) is 0 Å². The molecule has 2 rings (SSSR count). The summed E-state index contributed by atoms with van der Waals surface area (Å²) in [6, 6.07) is 1.85. The number of rotatable bonds is 2. The molecule has 1 aromatic rings. The fourth-order valence-corrected chi connectivity index (χ4v) is 2.76. The van der Waals surface area contributed by atoms with Crippen molar-refractivity contribution in [2.45, 2.75) is 33.3 Å². The predicted molar refractivity (Wildman–Crippen MR) is 65.2 cm³/mol. The number of Topliss-reactive ketones (excluding diaryl/α,β-unsaturated/α-hetero) is 1. The third kappa shape index (κ3) is 1.70. The molecular weight excluding hydrogens is 216 g/mol. The van der Waals surface area contributed by atoms with Crippen LogP contribution in [0.25, 0.3) is 0 Å². The maximum absolute atomic E-state index is 12.0. The van der Waals surface area contributed by atoms with Crippen LogP contribution < -0.4 is 0 Å². The van der Waals surface area contributed by atoms with Crippen LogP contribution in [0.3, 0.4) is 0 Å². The number of aliphatic hydroxyl groups excluding tert-OH is 2. The van der Waals surface area contributed by atoms with Gasteiger partial charge in [-0.25, -0.2) is 0 Å². The fraction of sp³-hybridized carbons (Fsp3) is 0.500. The van der Waals surface area contributed by atoms with Crippen molar-refractivity contribution in [3.05, 3.63) is 33.9 Å². The second-order valence-electron chi connectivity index (χ2n) is 4.83. The molecule has 0 saturated carbocycles. The zero-order valence-electron chi connectivity index (χ0n) is 10.4. The molecule has 1 aliphatic carbocycles. The zero-order chi connectivity index (χ0) is 12.7. The van der Waals surface area contributed by atoms with E-state index < -0.39 is 6.10 Å². The van der Waals surface area contributed by atoms with Gasteiger partial charge in [-0.15, -0.1) is 0 Å². The van der Waals surface area contributed by atoms with Crippen LogP contribution in [0.4, 0.5) is 0 Å². The summed E-state index contributed by atoms with van der Waals surface area (Å²) >= 11 is 0. The Labute approximate surface area is 101 Å². The highest BCUT2D eigenvalue weighted by Gasteiger charge is 2.37. The average molecular weight is 234 g/mol. The molecule has 3 nitrogen and oxygen atoms in total. The summed E-state index contributed by atoms with van der Waals surface area (Å²) in [5, 5.41) is 19.2. The molecule has 1 aromatic carbocycles. The first-order valence-electron chi connectivity index (χ1n) is 5.95. The lowest BCUT2D eigenvalue weighted by Crippen LogP contribution is -2.08. The van der Waals surface area contributed by atoms with Gasteiger partial charge >= 0.3 is 0 Å². The van der Waals surface area contributed by atoms with Gasteiger partial charge in [0.15, 0.2) is 5.78 Å². The molecule has 2 N–H and O–H groups in total. The van der Waals surface area contributed by atoms with E-state index in [1.807, 2.05) is 19.9 Å². The Kier molecular flexibility index (Phi) is 3.06. The molecule has 0 spiro atoms. The Bertz CT molecular complexity index is 477. The van der Waals surface area contributed by atoms with E-state index in [4.69, 9.17) is 5.11 Å². The number of hydrogen-bond acceptors (Lipinski definition) is 3. The highest BCUT2D eigenvalue weighted by Crippen LogP contribution is 2.39. The SMILES string of the molecule is Cc1cc2c(c(C)c1CCO)[C@@H](O)[C@H](C)C2=O. The number of hydrogen-bond donors (Lipinski definition) is 2. The summed E-state index contributed by atoms with van der Waals surface area (Å²) in [7, 11) is 0. The number of carbonyl (C=O) groups is 1. The molecule has 1 aliphatic rings. The first-order chi connectivity index (χ1) is 7.99. The zero-order valence-corrected chi connectivity index (χ0v) is 10.4. The smallest absolute Gasteiger partial charge is 0.168 e. The summed E-state index contributed by atoms with van der Waals surface area (Å²) in [6.45, 7) is 5.71. The van der Waals surface area contributed by atoms with E-state index >= 15 is 0 Å². The summed E-state index contributed by atoms with van der Waals surface area (Å²) in [5.74, 6) is -0.332. The molecule has 3 heteroatoms. The van der Waals surface area contributed by atoms with Crippen molar-refractivity contribution >= 4 is 5.78 Å². The third-order valence-corrected chi connectivity index (χ3v) is 3.79. The second-order valence-corrected chi connectivity index (χ2v) is 4.83. The normalized spacial score (nSPS) is 23.0. The molecule has 0 aromatic heterocycles. The molecule has 2 atom stereocenters. The van der Waals surface area contributed by atoms with E-state index in [0.717, 1.165) is 22.3 Å². The maximum atomic E-state index is 12.0. The van der Waals surface area contributed by atoms with Crippen LogP contribution >= 0.6 is 0 Å². The van der Waals surface area contributed by atoms with Crippen molar-refractivity contribution in [3.8, 4) is 0 Å². The van der Waals surface area contributed by atoms with Gasteiger partial charge < -0.3 is 10.2 Å². The number of benzene rings is 1. The minimum Gasteiger partial charge on any atom is -0.396 e. The van der Waals surface area contributed by atoms with Crippen LogP contribution in [0.2, 0.25) is 0 Å². The fourth-order valence-electron chi connectivity index (χ4n) is 2.76. The van der Waals surface area contributed by atoms with E-state index in [1.54, 1.807) is 6.92 Å². The molecular formula is C14H18O3. The lowest BCUT2D eigenvalue weighted by Gasteiger charge is -2.15. The lowest BCUT2D eigenvalue weighted by atomic mass is 9.92. The predicted octanol–water partition coefficient (Wildman–Crippen LogP) is 1.70. The van der Waals surface area contributed by atoms with Gasteiger partial charge in [-0.05, 0) is 48.6 Å². The standard InChI is InChI=1S/C14H18O3/c1-7-6-11-12(8(2)10(7)4-5-15)14(17)9(3)13(11)16/h6,9,14-15,17H,4-5H2,1-3H3/t9-,14+/m1/s1. The minimum absolute atomic E-state index is 0.0225. The van der Waals surface area contributed by atoms with Crippen LogP contribution in [-0.2, 0) is 6.42 Å².